The molecule has 1 saturated carbocycles. The lowest BCUT2D eigenvalue weighted by Crippen LogP contribution is -2.28. The zero-order chi connectivity index (χ0) is 18.3. The molecule has 2 fully saturated rings. The van der Waals surface area contributed by atoms with Crippen molar-refractivity contribution in [3.05, 3.63) is 41.6 Å². The number of aromatic nitrogens is 2. The summed E-state index contributed by atoms with van der Waals surface area (Å²) in [5.74, 6) is -0.142. The van der Waals surface area contributed by atoms with Crippen molar-refractivity contribution in [3.8, 4) is 0 Å². The number of hydrogen-bond acceptors (Lipinski definition) is 3. The Kier molecular flexibility index (Phi) is 4.18. The molecule has 4 rings (SSSR count). The first-order valence-corrected chi connectivity index (χ1v) is 8.56. The third-order valence-corrected chi connectivity index (χ3v) is 4.80. The Hall–Kier alpha value is -2.77. The summed E-state index contributed by atoms with van der Waals surface area (Å²) in [5.41, 5.74) is 1.25. The maximum absolute atomic E-state index is 12.9. The van der Waals surface area contributed by atoms with Gasteiger partial charge in [0, 0.05) is 41.9 Å². The van der Waals surface area contributed by atoms with Crippen molar-refractivity contribution in [2.45, 2.75) is 31.6 Å². The number of amides is 2. The van der Waals surface area contributed by atoms with Crippen LogP contribution >= 0.6 is 0 Å². The van der Waals surface area contributed by atoms with E-state index in [2.05, 4.69) is 15.5 Å². The van der Waals surface area contributed by atoms with Crippen LogP contribution in [0.1, 0.15) is 42.9 Å². The minimum Gasteiger partial charge on any atom is -0.312 e. The van der Waals surface area contributed by atoms with Crippen LogP contribution in [0.25, 0.3) is 0 Å². The van der Waals surface area contributed by atoms with Crippen LogP contribution < -0.4 is 10.2 Å². The SMILES string of the molecule is O=C(Nc1cc(C2CC2)[nH]n1)[C@@H]1CC(=O)N(c2cccc(C(F)F)c2)C1. The molecular formula is C18H18F2N4O2. The van der Waals surface area contributed by atoms with Gasteiger partial charge in [-0.1, -0.05) is 12.1 Å². The van der Waals surface area contributed by atoms with Gasteiger partial charge in [0.1, 0.15) is 0 Å². The number of nitrogens with zero attached hydrogens (tertiary/aromatic N) is 2. The van der Waals surface area contributed by atoms with Gasteiger partial charge in [-0.05, 0) is 25.0 Å². The van der Waals surface area contributed by atoms with E-state index in [1.165, 1.54) is 23.1 Å². The Morgan fingerprint density at radius 2 is 2.12 bits per heavy atom. The molecule has 6 nitrogen and oxygen atoms in total. The second kappa shape index (κ2) is 6.51. The summed E-state index contributed by atoms with van der Waals surface area (Å²) in [6.45, 7) is 0.164. The number of alkyl halides is 2. The molecule has 2 heterocycles. The maximum atomic E-state index is 12.9. The van der Waals surface area contributed by atoms with Gasteiger partial charge >= 0.3 is 0 Å². The van der Waals surface area contributed by atoms with E-state index < -0.39 is 12.3 Å². The molecule has 2 aliphatic rings. The van der Waals surface area contributed by atoms with Crippen molar-refractivity contribution in [1.29, 1.82) is 0 Å². The van der Waals surface area contributed by atoms with E-state index in [0.29, 0.717) is 17.4 Å². The second-order valence-corrected chi connectivity index (χ2v) is 6.77. The zero-order valence-corrected chi connectivity index (χ0v) is 13.9. The lowest BCUT2D eigenvalue weighted by atomic mass is 10.1. The number of aromatic amines is 1. The van der Waals surface area contributed by atoms with Gasteiger partial charge in [0.05, 0.1) is 5.92 Å². The maximum Gasteiger partial charge on any atom is 0.263 e. The molecule has 8 heteroatoms. The Bertz CT molecular complexity index is 847. The molecular weight excluding hydrogens is 342 g/mol. The largest absolute Gasteiger partial charge is 0.312 e. The number of H-pyrrole nitrogens is 1. The van der Waals surface area contributed by atoms with Crippen LogP contribution in [0.15, 0.2) is 30.3 Å². The molecule has 2 aromatic rings. The van der Waals surface area contributed by atoms with Crippen LogP contribution in [0.5, 0.6) is 0 Å². The van der Waals surface area contributed by atoms with Crippen LogP contribution in [-0.4, -0.2) is 28.6 Å². The molecule has 1 atom stereocenters. The molecule has 0 radical (unpaired) electrons. The predicted octanol–water partition coefficient (Wildman–Crippen LogP) is 3.22. The lowest BCUT2D eigenvalue weighted by molar-refractivity contribution is -0.122. The van der Waals surface area contributed by atoms with Crippen molar-refractivity contribution >= 4 is 23.3 Å². The molecule has 1 aliphatic heterocycles. The molecule has 1 saturated heterocycles. The van der Waals surface area contributed by atoms with Gasteiger partial charge in [0.25, 0.3) is 6.43 Å². The summed E-state index contributed by atoms with van der Waals surface area (Å²) in [5, 5.41) is 9.72. The van der Waals surface area contributed by atoms with Crippen LogP contribution in [0, 0.1) is 5.92 Å². The number of carbonyl (C=O) groups excluding carboxylic acids is 2. The quantitative estimate of drug-likeness (QED) is 0.859. The Morgan fingerprint density at radius 1 is 1.31 bits per heavy atom. The van der Waals surface area contributed by atoms with Gasteiger partial charge in [0.15, 0.2) is 5.82 Å². The van der Waals surface area contributed by atoms with Crippen molar-refractivity contribution < 1.29 is 18.4 Å². The first-order valence-electron chi connectivity index (χ1n) is 8.56. The summed E-state index contributed by atoms with van der Waals surface area (Å²) in [6.07, 6.45) is -0.310. The number of halogens is 2. The number of benzene rings is 1. The van der Waals surface area contributed by atoms with Crippen molar-refractivity contribution in [3.63, 3.8) is 0 Å². The van der Waals surface area contributed by atoms with Crippen molar-refractivity contribution in [1.82, 2.24) is 10.2 Å². The minimum atomic E-state index is -2.60. The Morgan fingerprint density at radius 3 is 2.85 bits per heavy atom. The summed E-state index contributed by atoms with van der Waals surface area (Å²) in [7, 11) is 0. The number of anilines is 2. The van der Waals surface area contributed by atoms with Gasteiger partial charge in [-0.25, -0.2) is 8.78 Å². The molecule has 26 heavy (non-hydrogen) atoms. The average molecular weight is 360 g/mol. The van der Waals surface area contributed by atoms with Gasteiger partial charge < -0.3 is 10.2 Å². The predicted molar refractivity (Wildman–Crippen MR) is 91.1 cm³/mol. The highest BCUT2D eigenvalue weighted by molar-refractivity contribution is 6.03. The summed E-state index contributed by atoms with van der Waals surface area (Å²) in [6, 6.07) is 7.50. The highest BCUT2D eigenvalue weighted by Crippen LogP contribution is 2.39. The fourth-order valence-corrected chi connectivity index (χ4v) is 3.19. The first-order chi connectivity index (χ1) is 12.5. The molecule has 1 aliphatic carbocycles. The van der Waals surface area contributed by atoms with Gasteiger partial charge in [-0.2, -0.15) is 5.10 Å². The lowest BCUT2D eigenvalue weighted by Gasteiger charge is -2.17. The van der Waals surface area contributed by atoms with Gasteiger partial charge in [-0.15, -0.1) is 0 Å². The van der Waals surface area contributed by atoms with Crippen molar-refractivity contribution in [2.24, 2.45) is 5.92 Å². The van der Waals surface area contributed by atoms with E-state index in [9.17, 15) is 18.4 Å². The number of nitrogens with one attached hydrogen (secondary N) is 2. The topological polar surface area (TPSA) is 78.1 Å². The van der Waals surface area contributed by atoms with Crippen molar-refractivity contribution in [2.75, 3.05) is 16.8 Å². The number of hydrogen-bond donors (Lipinski definition) is 2. The van der Waals surface area contributed by atoms with Gasteiger partial charge in [0.2, 0.25) is 11.8 Å². The van der Waals surface area contributed by atoms with E-state index in [0.717, 1.165) is 18.5 Å². The second-order valence-electron chi connectivity index (χ2n) is 6.77. The molecule has 136 valence electrons. The fraction of sp³-hybridized carbons (Fsp3) is 0.389. The zero-order valence-electron chi connectivity index (χ0n) is 13.9. The standard InChI is InChI=1S/C18H18F2N4O2/c19-17(20)11-2-1-3-13(6-11)24-9-12(7-16(24)25)18(26)21-15-8-14(22-23-15)10-4-5-10/h1-3,6,8,10,12,17H,4-5,7,9H2,(H2,21,22,23,26)/t12-/m1/s1. The monoisotopic (exact) mass is 360 g/mol. The van der Waals surface area contributed by atoms with E-state index in [-0.39, 0.29) is 30.3 Å². The molecule has 0 unspecified atom stereocenters. The summed E-state index contributed by atoms with van der Waals surface area (Å²) >= 11 is 0. The normalized spacial score (nSPS) is 20.0. The fourth-order valence-electron chi connectivity index (χ4n) is 3.19. The Balaban J connectivity index is 1.43. The number of rotatable bonds is 5. The molecule has 0 bridgehead atoms. The molecule has 2 amide bonds. The third kappa shape index (κ3) is 3.31. The van der Waals surface area contributed by atoms with E-state index in [1.807, 2.05) is 6.07 Å². The minimum absolute atomic E-state index is 0.0463. The third-order valence-electron chi connectivity index (χ3n) is 4.80. The molecule has 2 N–H and O–H groups in total. The molecule has 1 aromatic carbocycles. The average Bonchev–Trinajstić information content (AvgIpc) is 3.25. The van der Waals surface area contributed by atoms with Crippen LogP contribution in [0.2, 0.25) is 0 Å². The van der Waals surface area contributed by atoms with E-state index in [4.69, 9.17) is 0 Å². The highest BCUT2D eigenvalue weighted by Gasteiger charge is 2.36. The van der Waals surface area contributed by atoms with Crippen LogP contribution in [0.4, 0.5) is 20.3 Å². The first kappa shape index (κ1) is 16.7. The van der Waals surface area contributed by atoms with Crippen LogP contribution in [-0.2, 0) is 9.59 Å². The number of carbonyl (C=O) groups is 2. The smallest absolute Gasteiger partial charge is 0.263 e. The van der Waals surface area contributed by atoms with Gasteiger partial charge in [-0.3, -0.25) is 14.7 Å². The van der Waals surface area contributed by atoms with Crippen LogP contribution in [0.3, 0.4) is 0 Å². The Labute approximate surface area is 148 Å². The summed E-state index contributed by atoms with van der Waals surface area (Å²) < 4.78 is 25.7. The molecule has 1 aromatic heterocycles. The molecule has 0 spiro atoms. The van der Waals surface area contributed by atoms with E-state index >= 15 is 0 Å². The highest BCUT2D eigenvalue weighted by atomic mass is 19.3. The summed E-state index contributed by atoms with van der Waals surface area (Å²) in [4.78, 5) is 26.1. The van der Waals surface area contributed by atoms with E-state index in [1.54, 1.807) is 6.07 Å².